The predicted octanol–water partition coefficient (Wildman–Crippen LogP) is 4.08. The van der Waals surface area contributed by atoms with E-state index in [1.165, 1.54) is 11.8 Å². The highest BCUT2D eigenvalue weighted by atomic mass is 32.2. The number of anilines is 1. The first-order chi connectivity index (χ1) is 12.9. The van der Waals surface area contributed by atoms with Gasteiger partial charge in [0, 0.05) is 23.6 Å². The topological polar surface area (TPSA) is 74.8 Å². The maximum absolute atomic E-state index is 13.1. The minimum atomic E-state index is -0.377. The number of hydrogen-bond donors (Lipinski definition) is 2. The number of nitrogens with zero attached hydrogens (tertiary/aromatic N) is 1. The van der Waals surface area contributed by atoms with E-state index in [0.29, 0.717) is 23.0 Å². The number of rotatable bonds is 3. The largest absolute Gasteiger partial charge is 0.343 e. The van der Waals surface area contributed by atoms with Gasteiger partial charge < -0.3 is 10.3 Å². The zero-order valence-electron chi connectivity index (χ0n) is 15.8. The number of H-pyrrole nitrogens is 1. The second-order valence-electron chi connectivity index (χ2n) is 7.87. The summed E-state index contributed by atoms with van der Waals surface area (Å²) in [6.45, 7) is 6.23. The molecular formula is C21H23N3O2S. The highest BCUT2D eigenvalue weighted by molar-refractivity contribution is 7.99. The van der Waals surface area contributed by atoms with Gasteiger partial charge in [-0.15, -0.1) is 0 Å². The molecule has 0 bridgehead atoms. The van der Waals surface area contributed by atoms with Crippen LogP contribution in [0.15, 0.2) is 51.6 Å². The number of ketones is 1. The van der Waals surface area contributed by atoms with Crippen molar-refractivity contribution in [2.45, 2.75) is 44.7 Å². The third-order valence-electron chi connectivity index (χ3n) is 5.11. The molecular weight excluding hydrogens is 358 g/mol. The molecule has 0 radical (unpaired) electrons. The van der Waals surface area contributed by atoms with Crippen LogP contribution in [0.2, 0.25) is 0 Å². The molecule has 140 valence electrons. The molecule has 0 unspecified atom stereocenters. The molecule has 2 heterocycles. The number of nitrogens with one attached hydrogen (secondary N) is 2. The van der Waals surface area contributed by atoms with Gasteiger partial charge in [0.1, 0.15) is 5.82 Å². The van der Waals surface area contributed by atoms with Gasteiger partial charge in [0.05, 0.1) is 5.56 Å². The number of aromatic amines is 1. The number of fused-ring (bicyclic) bond motifs is 1. The Labute approximate surface area is 162 Å². The lowest BCUT2D eigenvalue weighted by Crippen LogP contribution is -2.37. The molecule has 0 amide bonds. The Balaban J connectivity index is 1.95. The number of hydrogen-bond acceptors (Lipinski definition) is 5. The third kappa shape index (κ3) is 3.23. The summed E-state index contributed by atoms with van der Waals surface area (Å²) in [5.41, 5.74) is 2.82. The van der Waals surface area contributed by atoms with E-state index < -0.39 is 0 Å². The average molecular weight is 382 g/mol. The van der Waals surface area contributed by atoms with Gasteiger partial charge in [-0.2, -0.15) is 0 Å². The van der Waals surface area contributed by atoms with Crippen LogP contribution in [-0.4, -0.2) is 21.5 Å². The number of Topliss-reactive ketones (excluding diaryl/α,β-unsaturated/α-hetero) is 1. The van der Waals surface area contributed by atoms with E-state index >= 15 is 0 Å². The Hall–Kier alpha value is -2.34. The fourth-order valence-corrected chi connectivity index (χ4v) is 4.67. The van der Waals surface area contributed by atoms with Crippen molar-refractivity contribution in [3.8, 4) is 0 Å². The van der Waals surface area contributed by atoms with Crippen LogP contribution in [0.5, 0.6) is 0 Å². The van der Waals surface area contributed by atoms with Crippen LogP contribution < -0.4 is 10.9 Å². The van der Waals surface area contributed by atoms with Crippen LogP contribution in [0.3, 0.4) is 0 Å². The van der Waals surface area contributed by atoms with Crippen LogP contribution in [0.25, 0.3) is 0 Å². The van der Waals surface area contributed by atoms with E-state index in [-0.39, 0.29) is 22.7 Å². The first-order valence-electron chi connectivity index (χ1n) is 9.25. The van der Waals surface area contributed by atoms with Crippen molar-refractivity contribution >= 4 is 23.4 Å². The second-order valence-corrected chi connectivity index (χ2v) is 9.12. The highest BCUT2D eigenvalue weighted by Crippen LogP contribution is 2.47. The van der Waals surface area contributed by atoms with Crippen LogP contribution in [0.4, 0.5) is 5.82 Å². The molecule has 2 aliphatic rings. The predicted molar refractivity (Wildman–Crippen MR) is 108 cm³/mol. The van der Waals surface area contributed by atoms with Crippen molar-refractivity contribution in [2.75, 3.05) is 11.1 Å². The number of carbonyl (C=O) groups excluding carboxylic acids is 1. The van der Waals surface area contributed by atoms with Crippen LogP contribution in [-0.2, 0) is 4.79 Å². The molecule has 27 heavy (non-hydrogen) atoms. The first-order valence-corrected chi connectivity index (χ1v) is 10.2. The van der Waals surface area contributed by atoms with Gasteiger partial charge >= 0.3 is 0 Å². The molecule has 1 aromatic heterocycles. The lowest BCUT2D eigenvalue weighted by atomic mass is 9.69. The van der Waals surface area contributed by atoms with Crippen molar-refractivity contribution in [3.05, 3.63) is 63.1 Å². The quantitative estimate of drug-likeness (QED) is 0.619. The smallest absolute Gasteiger partial charge is 0.257 e. The van der Waals surface area contributed by atoms with Crippen LogP contribution in [0.1, 0.15) is 50.7 Å². The number of thioether (sulfide) groups is 1. The first kappa shape index (κ1) is 18.0. The fraction of sp³-hybridized carbons (Fsp3) is 0.381. The van der Waals surface area contributed by atoms with Crippen LogP contribution in [0, 0.1) is 5.41 Å². The number of aromatic nitrogens is 2. The third-order valence-corrected chi connectivity index (χ3v) is 5.87. The fourth-order valence-electron chi connectivity index (χ4n) is 4.08. The molecule has 1 atom stereocenters. The molecule has 6 heteroatoms. The summed E-state index contributed by atoms with van der Waals surface area (Å²) in [7, 11) is 0. The molecule has 2 aromatic rings. The molecule has 0 saturated carbocycles. The maximum atomic E-state index is 13.1. The van der Waals surface area contributed by atoms with Gasteiger partial charge in [-0.05, 0) is 23.2 Å². The Kier molecular flexibility index (Phi) is 4.46. The molecule has 0 spiro atoms. The summed E-state index contributed by atoms with van der Waals surface area (Å²) < 4.78 is 0. The SMILES string of the molecule is CCSc1nc2c(c(=O)[nH]1)[C@H](c1ccccc1)C1=C(CC(C)(C)CC1=O)N2. The Bertz CT molecular complexity index is 992. The van der Waals surface area contributed by atoms with E-state index in [4.69, 9.17) is 0 Å². The van der Waals surface area contributed by atoms with Gasteiger partial charge in [-0.3, -0.25) is 9.59 Å². The molecule has 0 saturated heterocycles. The normalized spacial score (nSPS) is 20.7. The van der Waals surface area contributed by atoms with Crippen LogP contribution >= 0.6 is 11.8 Å². The summed E-state index contributed by atoms with van der Waals surface area (Å²) in [6.07, 6.45) is 1.25. The van der Waals surface area contributed by atoms with Crippen molar-refractivity contribution in [3.63, 3.8) is 0 Å². The minimum absolute atomic E-state index is 0.107. The van der Waals surface area contributed by atoms with E-state index in [1.807, 2.05) is 37.3 Å². The zero-order valence-corrected chi connectivity index (χ0v) is 16.6. The Morgan fingerprint density at radius 3 is 2.63 bits per heavy atom. The summed E-state index contributed by atoms with van der Waals surface area (Å²) >= 11 is 1.50. The number of benzene rings is 1. The summed E-state index contributed by atoms with van der Waals surface area (Å²) in [5, 5.41) is 3.94. The van der Waals surface area contributed by atoms with Gasteiger partial charge in [0.2, 0.25) is 0 Å². The van der Waals surface area contributed by atoms with E-state index in [1.54, 1.807) is 0 Å². The molecule has 1 aromatic carbocycles. The van der Waals surface area contributed by atoms with Gasteiger partial charge in [-0.1, -0.05) is 62.9 Å². The molecule has 4 rings (SSSR count). The van der Waals surface area contributed by atoms with Crippen molar-refractivity contribution in [2.24, 2.45) is 5.41 Å². The van der Waals surface area contributed by atoms with Crippen molar-refractivity contribution < 1.29 is 4.79 Å². The lowest BCUT2D eigenvalue weighted by molar-refractivity contribution is -0.118. The van der Waals surface area contributed by atoms with E-state index in [0.717, 1.165) is 29.0 Å². The van der Waals surface area contributed by atoms with Crippen molar-refractivity contribution in [1.82, 2.24) is 9.97 Å². The minimum Gasteiger partial charge on any atom is -0.343 e. The summed E-state index contributed by atoms with van der Waals surface area (Å²) in [4.78, 5) is 33.6. The summed E-state index contributed by atoms with van der Waals surface area (Å²) in [5.74, 6) is 1.13. The Morgan fingerprint density at radius 1 is 1.19 bits per heavy atom. The maximum Gasteiger partial charge on any atom is 0.257 e. The number of allylic oxidation sites excluding steroid dienone is 2. The van der Waals surface area contributed by atoms with Crippen molar-refractivity contribution in [1.29, 1.82) is 0 Å². The molecule has 5 nitrogen and oxygen atoms in total. The molecule has 0 fully saturated rings. The summed E-state index contributed by atoms with van der Waals surface area (Å²) in [6, 6.07) is 9.78. The monoisotopic (exact) mass is 381 g/mol. The molecule has 1 aliphatic heterocycles. The lowest BCUT2D eigenvalue weighted by Gasteiger charge is -2.38. The van der Waals surface area contributed by atoms with E-state index in [9.17, 15) is 9.59 Å². The van der Waals surface area contributed by atoms with Gasteiger partial charge in [-0.25, -0.2) is 4.98 Å². The van der Waals surface area contributed by atoms with Gasteiger partial charge in [0.25, 0.3) is 5.56 Å². The number of carbonyl (C=O) groups is 1. The molecule has 1 aliphatic carbocycles. The van der Waals surface area contributed by atoms with Gasteiger partial charge in [0.15, 0.2) is 10.9 Å². The highest BCUT2D eigenvalue weighted by Gasteiger charge is 2.42. The average Bonchev–Trinajstić information content (AvgIpc) is 2.60. The van der Waals surface area contributed by atoms with E-state index in [2.05, 4.69) is 29.1 Å². The Morgan fingerprint density at radius 2 is 1.93 bits per heavy atom. The standard InChI is InChI=1S/C21H23N3O2S/c1-4-27-20-23-18-17(19(26)24-20)15(12-8-6-5-7-9-12)16-13(22-18)10-21(2,3)11-14(16)25/h5-9,15H,4,10-11H2,1-3H3,(H2,22,23,24,26)/t15-/m1/s1. The molecule has 2 N–H and O–H groups in total. The second kappa shape index (κ2) is 6.68. The zero-order chi connectivity index (χ0) is 19.2.